The highest BCUT2D eigenvalue weighted by Crippen LogP contribution is 2.39. The Bertz CT molecular complexity index is 7720. The highest BCUT2D eigenvalue weighted by molar-refractivity contribution is 5.70. The van der Waals surface area contributed by atoms with Gasteiger partial charge in [0.05, 0.1) is 86.0 Å². The van der Waals surface area contributed by atoms with E-state index >= 15 is 0 Å². The number of aryl methyl sites for hydroxylation is 4. The van der Waals surface area contributed by atoms with E-state index in [0.29, 0.717) is 156 Å². The number of anilines is 1. The molecule has 0 unspecified atom stereocenters. The van der Waals surface area contributed by atoms with Gasteiger partial charge < -0.3 is 84.8 Å². The van der Waals surface area contributed by atoms with E-state index < -0.39 is 0 Å². The monoisotopic (exact) mass is 2020 g/mol. The zero-order valence-electron chi connectivity index (χ0n) is 84.2. The number of hydrogen-bond donors (Lipinski definition) is 1. The molecule has 7 aromatic carbocycles. The molecule has 0 bridgehead atoms. The smallest absolute Gasteiger partial charge is 0.259 e. The molecular weight excluding hydrogens is 1920 g/mol. The van der Waals surface area contributed by atoms with Crippen LogP contribution in [0.4, 0.5) is 5.82 Å². The van der Waals surface area contributed by atoms with Crippen LogP contribution in [0.15, 0.2) is 318 Å². The summed E-state index contributed by atoms with van der Waals surface area (Å²) in [4.78, 5) is 54.7. The summed E-state index contributed by atoms with van der Waals surface area (Å²) in [5.74, 6) is 14.3. The number of hydrogen-bond acceptors (Lipinski definition) is 40. The molecule has 14 heterocycles. The minimum Gasteiger partial charge on any atom is -0.496 e. The third kappa shape index (κ3) is 27.8. The molecule has 0 amide bonds. The second-order valence-corrected chi connectivity index (χ2v) is 31.6. The first-order valence-electron chi connectivity index (χ1n) is 47.1. The SMILES string of the molecule is CCOc1ccc(-c2nc(-c3ccnc(N)c3)no2)cc1OCC.CCOc1ccc(-c2nc(-c3ccncc3)no2)c(C)c1.CCOc1ccc(-c2nc(-c3ccncc3)no2)cc1OCC.CCOc1cccc(-c2nc(-c3ccncc3)no2)c1.COc1cc(-c2nc(-c3ccc(C)c(OC)c3)no2)ccn1.COc1cc(-c2nc(-c3ccncc3)no2)ccc1C.COc1cc(-c2noc(-c3ccnnc3)n2)ccc1C. The van der Waals surface area contributed by atoms with Crippen molar-refractivity contribution < 1.29 is 79.0 Å². The van der Waals surface area contributed by atoms with Crippen molar-refractivity contribution >= 4 is 5.82 Å². The number of nitrogens with zero attached hydrogens (tertiary/aromatic N) is 22. The molecule has 760 valence electrons. The lowest BCUT2D eigenvalue weighted by Gasteiger charge is -2.11. The predicted molar refractivity (Wildman–Crippen MR) is 555 cm³/mol. The van der Waals surface area contributed by atoms with Crippen molar-refractivity contribution in [1.82, 2.24) is 111 Å². The lowest BCUT2D eigenvalue weighted by atomic mass is 10.1. The van der Waals surface area contributed by atoms with Crippen LogP contribution in [0.25, 0.3) is 160 Å². The quantitative estimate of drug-likeness (QED) is 0.0437. The molecule has 21 aromatic rings. The van der Waals surface area contributed by atoms with E-state index in [4.69, 9.17) is 84.8 Å². The maximum Gasteiger partial charge on any atom is 0.259 e. The van der Waals surface area contributed by atoms with Gasteiger partial charge in [0.2, 0.25) is 46.7 Å². The number of nitrogen functional groups attached to an aromatic ring is 1. The van der Waals surface area contributed by atoms with Crippen molar-refractivity contribution in [3.63, 3.8) is 0 Å². The van der Waals surface area contributed by atoms with Gasteiger partial charge in [-0.1, -0.05) is 72.5 Å². The van der Waals surface area contributed by atoms with Crippen molar-refractivity contribution in [1.29, 1.82) is 0 Å². The Morgan fingerprint density at radius 2 is 0.547 bits per heavy atom. The summed E-state index contributed by atoms with van der Waals surface area (Å²) < 4.78 is 91.6. The van der Waals surface area contributed by atoms with Crippen molar-refractivity contribution in [2.45, 2.75) is 69.2 Å². The van der Waals surface area contributed by atoms with Gasteiger partial charge in [0.15, 0.2) is 23.0 Å². The molecule has 40 nitrogen and oxygen atoms in total. The van der Waals surface area contributed by atoms with Crippen molar-refractivity contribution in [3.8, 4) is 218 Å². The molecule has 0 saturated heterocycles. The molecule has 40 heteroatoms. The van der Waals surface area contributed by atoms with E-state index in [2.05, 4.69) is 111 Å². The zero-order valence-corrected chi connectivity index (χ0v) is 84.2. The molecule has 0 radical (unpaired) electrons. The largest absolute Gasteiger partial charge is 0.496 e. The molecule has 0 aliphatic carbocycles. The number of rotatable bonds is 30. The van der Waals surface area contributed by atoms with E-state index in [1.165, 1.54) is 0 Å². The van der Waals surface area contributed by atoms with Crippen molar-refractivity contribution in [2.24, 2.45) is 0 Å². The fourth-order valence-corrected chi connectivity index (χ4v) is 14.1. The lowest BCUT2D eigenvalue weighted by molar-refractivity contribution is 0.288. The second kappa shape index (κ2) is 52.5. The Morgan fingerprint density at radius 1 is 0.233 bits per heavy atom. The molecule has 2 N–H and O–H groups in total. The number of aromatic nitrogens is 22. The van der Waals surface area contributed by atoms with Gasteiger partial charge in [-0.2, -0.15) is 45.1 Å². The van der Waals surface area contributed by atoms with Gasteiger partial charge in [0.1, 0.15) is 34.6 Å². The van der Waals surface area contributed by atoms with E-state index in [1.54, 1.807) is 133 Å². The van der Waals surface area contributed by atoms with Crippen molar-refractivity contribution in [2.75, 3.05) is 73.8 Å². The van der Waals surface area contributed by atoms with Gasteiger partial charge in [-0.05, 0) is 261 Å². The molecule has 14 aromatic heterocycles. The van der Waals surface area contributed by atoms with Gasteiger partial charge >= 0.3 is 0 Å². The molecule has 0 aliphatic heterocycles. The molecule has 0 spiro atoms. The van der Waals surface area contributed by atoms with Gasteiger partial charge in [0, 0.05) is 140 Å². The Kier molecular flexibility index (Phi) is 36.6. The summed E-state index contributed by atoms with van der Waals surface area (Å²) in [6.45, 7) is 23.0. The first-order valence-corrected chi connectivity index (χ1v) is 47.1. The maximum atomic E-state index is 5.68. The number of benzene rings is 7. The first kappa shape index (κ1) is 105. The van der Waals surface area contributed by atoms with Crippen LogP contribution in [0.2, 0.25) is 0 Å². The predicted octanol–water partition coefficient (Wildman–Crippen LogP) is 22.2. The molecular formula is C110H103N23O17. The summed E-state index contributed by atoms with van der Waals surface area (Å²) in [7, 11) is 6.47. The standard InChI is InChI=1S/C17H18N4O3.C17H17N3O3.C16H15N3O3.C16H15N3O2.2C15H13N3O2.C14H12N4O2/c1-3-22-13-6-5-12(9-14(13)23-4-2)17-20-16(21-24-17)11-7-8-19-15(18)10-11;1-3-21-14-6-5-13(11-15(14)22-4-2)17-19-16(20-23-17)12-7-9-18-10-8-12;1-10-4-5-11(8-13(10)20-2)15-18-16(22-19-15)12-6-7-17-14(9-12)21-3;1-3-20-13-4-5-14(11(2)10-13)16-18-15(19-21-16)12-6-8-17-9-7-12;1-10-3-4-12(9-13(10)19-2)15-17-14(18-20-15)11-5-7-16-8-6-11;1-2-19-13-5-3-4-12(10-13)15-17-14(18-20-15)11-6-8-16-9-7-11;1-9-3-4-10(7-12(9)19-2)13-17-14(20-18-13)11-5-6-15-16-8-11/h5-10H,3-4H2,1-2H3,(H2,18,19);5-11H,3-4H2,1-2H3;4-9H,1-3H3;4-10H,3H2,1-2H3;3-9H,1-2H3;3-10H,2H2,1H3;3-8H,1-2H3. The van der Waals surface area contributed by atoms with Crippen LogP contribution >= 0.6 is 0 Å². The van der Waals surface area contributed by atoms with E-state index in [1.807, 2.05) is 251 Å². The van der Waals surface area contributed by atoms with Crippen LogP contribution in [-0.2, 0) is 0 Å². The fraction of sp³-hybridized carbons (Fsp3) is 0.182. The molecule has 150 heavy (non-hydrogen) atoms. The van der Waals surface area contributed by atoms with Crippen LogP contribution in [0.5, 0.6) is 57.6 Å². The Balaban J connectivity index is 0.000000131. The van der Waals surface area contributed by atoms with E-state index in [-0.39, 0.29) is 0 Å². The highest BCUT2D eigenvalue weighted by atomic mass is 16.5. The van der Waals surface area contributed by atoms with Gasteiger partial charge in [0.25, 0.3) is 41.2 Å². The lowest BCUT2D eigenvalue weighted by Crippen LogP contribution is -1.98. The van der Waals surface area contributed by atoms with Crippen LogP contribution in [0.3, 0.4) is 0 Å². The number of ether oxygens (including phenoxy) is 10. The molecule has 0 saturated carbocycles. The Morgan fingerprint density at radius 3 is 0.927 bits per heavy atom. The average Bonchev–Trinajstić information content (AvgIpc) is 1.69. The highest BCUT2D eigenvalue weighted by Gasteiger charge is 2.23. The second-order valence-electron chi connectivity index (χ2n) is 31.6. The molecule has 0 atom stereocenters. The summed E-state index contributed by atoms with van der Waals surface area (Å²) in [6.07, 6.45) is 20.0. The van der Waals surface area contributed by atoms with Gasteiger partial charge in [-0.15, -0.1) is 0 Å². The minimum absolute atomic E-state index is 0.393. The summed E-state index contributed by atoms with van der Waals surface area (Å²) in [5.41, 5.74) is 21.4. The summed E-state index contributed by atoms with van der Waals surface area (Å²) in [5, 5.41) is 35.5. The molecule has 0 fully saturated rings. The van der Waals surface area contributed by atoms with Crippen LogP contribution < -0.4 is 53.1 Å². The Labute approximate surface area is 860 Å². The number of methoxy groups -OCH3 is 4. The van der Waals surface area contributed by atoms with Crippen LogP contribution in [0.1, 0.15) is 63.8 Å². The zero-order chi connectivity index (χ0) is 105. The minimum atomic E-state index is 0.393. The topological polar surface area (TPSA) is 494 Å². The fourth-order valence-electron chi connectivity index (χ4n) is 14.1. The van der Waals surface area contributed by atoms with Crippen molar-refractivity contribution in [3.05, 3.63) is 309 Å². The first-order chi connectivity index (χ1) is 73.4. The van der Waals surface area contributed by atoms with E-state index in [0.717, 1.165) is 129 Å². The number of pyridine rings is 6. The van der Waals surface area contributed by atoms with Crippen LogP contribution in [0, 0.1) is 27.7 Å². The molecule has 0 aliphatic rings. The molecule has 21 rings (SSSR count). The van der Waals surface area contributed by atoms with E-state index in [9.17, 15) is 0 Å². The summed E-state index contributed by atoms with van der Waals surface area (Å²) in [6, 6.07) is 65.3. The normalized spacial score (nSPS) is 10.5. The van der Waals surface area contributed by atoms with Crippen LogP contribution in [-0.4, -0.2) is 179 Å². The third-order valence-corrected chi connectivity index (χ3v) is 21.5. The van der Waals surface area contributed by atoms with Gasteiger partial charge in [-0.25, -0.2) is 9.97 Å². The Hall–Kier alpha value is -19.7. The third-order valence-electron chi connectivity index (χ3n) is 21.5. The number of nitrogens with two attached hydrogens (primary N) is 1. The average molecular weight is 2020 g/mol. The summed E-state index contributed by atoms with van der Waals surface area (Å²) >= 11 is 0. The maximum absolute atomic E-state index is 5.68. The van der Waals surface area contributed by atoms with Gasteiger partial charge in [-0.3, -0.25) is 19.9 Å².